The molecule has 2 N–H and O–H groups in total. The number of piperidine rings is 1. The number of hydrogen-bond acceptors (Lipinski definition) is 5. The van der Waals surface area contributed by atoms with E-state index in [2.05, 4.69) is 22.8 Å². The maximum Gasteiger partial charge on any atom is 0.104 e. The first-order chi connectivity index (χ1) is 9.81. The zero-order valence-corrected chi connectivity index (χ0v) is 12.4. The summed E-state index contributed by atoms with van der Waals surface area (Å²) in [6.07, 6.45) is 2.36. The van der Waals surface area contributed by atoms with E-state index < -0.39 is 0 Å². The largest absolute Gasteiger partial charge is 0.394 e. The van der Waals surface area contributed by atoms with Crippen LogP contribution in [0.4, 0.5) is 0 Å². The van der Waals surface area contributed by atoms with Crippen LogP contribution >= 0.6 is 11.3 Å². The number of nitrogens with zero attached hydrogens (tertiary/aromatic N) is 1. The number of ether oxygens (including phenoxy) is 1. The lowest BCUT2D eigenvalue weighted by Crippen LogP contribution is -2.36. The minimum Gasteiger partial charge on any atom is -0.394 e. The maximum atomic E-state index is 8.75. The molecule has 5 heteroatoms. The number of thiophene rings is 1. The van der Waals surface area contributed by atoms with Gasteiger partial charge in [-0.2, -0.15) is 0 Å². The Balaban J connectivity index is 1.76. The fourth-order valence-corrected chi connectivity index (χ4v) is 3.20. The standard InChI is InChI=1S/C15H21NO3S/c17-7-1-2-13-10-15(20-12-13)11-16-5-3-14(4-6-16)19-9-8-18/h10,12,14,17-18H,3-9,11H2. The highest BCUT2D eigenvalue weighted by Gasteiger charge is 2.19. The van der Waals surface area contributed by atoms with E-state index in [0.717, 1.165) is 38.0 Å². The molecule has 1 aliphatic heterocycles. The van der Waals surface area contributed by atoms with Gasteiger partial charge in [0, 0.05) is 35.5 Å². The van der Waals surface area contributed by atoms with Gasteiger partial charge in [-0.05, 0) is 18.9 Å². The molecular weight excluding hydrogens is 274 g/mol. The molecular formula is C15H21NO3S. The molecule has 1 saturated heterocycles. The normalized spacial score (nSPS) is 16.9. The monoisotopic (exact) mass is 295 g/mol. The smallest absolute Gasteiger partial charge is 0.104 e. The molecule has 0 bridgehead atoms. The third kappa shape index (κ3) is 4.89. The Morgan fingerprint density at radius 3 is 2.85 bits per heavy atom. The van der Waals surface area contributed by atoms with Crippen molar-refractivity contribution in [3.63, 3.8) is 0 Å². The van der Waals surface area contributed by atoms with Crippen molar-refractivity contribution < 1.29 is 14.9 Å². The zero-order valence-electron chi connectivity index (χ0n) is 11.5. The Morgan fingerprint density at radius 2 is 2.15 bits per heavy atom. The minimum absolute atomic E-state index is 0.0907. The summed E-state index contributed by atoms with van der Waals surface area (Å²) >= 11 is 1.72. The highest BCUT2D eigenvalue weighted by molar-refractivity contribution is 7.10. The van der Waals surface area contributed by atoms with Gasteiger partial charge >= 0.3 is 0 Å². The molecule has 0 atom stereocenters. The Labute approximate surface area is 124 Å². The lowest BCUT2D eigenvalue weighted by Gasteiger charge is -2.31. The summed E-state index contributed by atoms with van der Waals surface area (Å²) in [5, 5.41) is 19.5. The number of hydrogen-bond donors (Lipinski definition) is 2. The second kappa shape index (κ2) is 8.40. The van der Waals surface area contributed by atoms with Crippen molar-refractivity contribution in [3.05, 3.63) is 21.9 Å². The highest BCUT2D eigenvalue weighted by atomic mass is 32.1. The van der Waals surface area contributed by atoms with Gasteiger partial charge in [0.1, 0.15) is 6.61 Å². The second-order valence-electron chi connectivity index (χ2n) is 4.83. The van der Waals surface area contributed by atoms with Crippen molar-refractivity contribution in [2.75, 3.05) is 32.9 Å². The highest BCUT2D eigenvalue weighted by Crippen LogP contribution is 2.20. The van der Waals surface area contributed by atoms with E-state index in [1.807, 2.05) is 5.38 Å². The van der Waals surface area contributed by atoms with E-state index in [1.165, 1.54) is 4.88 Å². The van der Waals surface area contributed by atoms with E-state index in [1.54, 1.807) is 11.3 Å². The topological polar surface area (TPSA) is 52.9 Å². The fourth-order valence-electron chi connectivity index (χ4n) is 2.34. The van der Waals surface area contributed by atoms with E-state index in [4.69, 9.17) is 14.9 Å². The molecule has 1 aromatic rings. The molecule has 0 spiro atoms. The lowest BCUT2D eigenvalue weighted by molar-refractivity contribution is -0.00886. The van der Waals surface area contributed by atoms with Gasteiger partial charge in [-0.1, -0.05) is 11.8 Å². The molecule has 1 fully saturated rings. The summed E-state index contributed by atoms with van der Waals surface area (Å²) in [6.45, 7) is 3.48. The van der Waals surface area contributed by atoms with Crippen LogP contribution in [0.2, 0.25) is 0 Å². The summed E-state index contributed by atoms with van der Waals surface area (Å²) in [5.41, 5.74) is 0.986. The van der Waals surface area contributed by atoms with Crippen molar-refractivity contribution >= 4 is 11.3 Å². The molecule has 1 aromatic heterocycles. The SMILES string of the molecule is OCC#Cc1csc(CN2CCC(OCCO)CC2)c1. The predicted octanol–water partition coefficient (Wildman–Crippen LogP) is 1.07. The van der Waals surface area contributed by atoms with Crippen LogP contribution in [-0.4, -0.2) is 54.1 Å². The summed E-state index contributed by atoms with van der Waals surface area (Å²) < 4.78 is 5.56. The van der Waals surface area contributed by atoms with Crippen molar-refractivity contribution in [1.29, 1.82) is 0 Å². The third-order valence-corrected chi connectivity index (χ3v) is 4.25. The van der Waals surface area contributed by atoms with Crippen LogP contribution in [0, 0.1) is 11.8 Å². The average molecular weight is 295 g/mol. The van der Waals surface area contributed by atoms with Crippen molar-refractivity contribution in [3.8, 4) is 11.8 Å². The molecule has 0 radical (unpaired) electrons. The molecule has 0 amide bonds. The number of likely N-dealkylation sites (tertiary alicyclic amines) is 1. The van der Waals surface area contributed by atoms with Crippen LogP contribution in [0.3, 0.4) is 0 Å². The van der Waals surface area contributed by atoms with Gasteiger partial charge in [-0.25, -0.2) is 0 Å². The van der Waals surface area contributed by atoms with Gasteiger partial charge in [0.15, 0.2) is 0 Å². The van der Waals surface area contributed by atoms with E-state index in [-0.39, 0.29) is 13.2 Å². The van der Waals surface area contributed by atoms with Gasteiger partial charge in [0.05, 0.1) is 19.3 Å². The molecule has 110 valence electrons. The Hall–Kier alpha value is -0.900. The van der Waals surface area contributed by atoms with Crippen molar-refractivity contribution in [1.82, 2.24) is 4.90 Å². The van der Waals surface area contributed by atoms with Gasteiger partial charge in [-0.3, -0.25) is 4.90 Å². The van der Waals surface area contributed by atoms with Crippen LogP contribution in [0.15, 0.2) is 11.4 Å². The molecule has 2 rings (SSSR count). The van der Waals surface area contributed by atoms with E-state index in [9.17, 15) is 0 Å². The molecule has 20 heavy (non-hydrogen) atoms. The van der Waals surface area contributed by atoms with Crippen LogP contribution in [0.25, 0.3) is 0 Å². The fraction of sp³-hybridized carbons (Fsp3) is 0.600. The van der Waals surface area contributed by atoms with E-state index in [0.29, 0.717) is 12.7 Å². The molecule has 4 nitrogen and oxygen atoms in total. The molecule has 1 aliphatic rings. The minimum atomic E-state index is -0.0907. The summed E-state index contributed by atoms with van der Waals surface area (Å²) in [7, 11) is 0. The third-order valence-electron chi connectivity index (χ3n) is 3.32. The number of aliphatic hydroxyl groups is 2. The van der Waals surface area contributed by atoms with Crippen LogP contribution in [0.5, 0.6) is 0 Å². The van der Waals surface area contributed by atoms with Gasteiger partial charge < -0.3 is 14.9 Å². The van der Waals surface area contributed by atoms with Crippen LogP contribution in [0.1, 0.15) is 23.3 Å². The average Bonchev–Trinajstić information content (AvgIpc) is 2.92. The van der Waals surface area contributed by atoms with Gasteiger partial charge in [0.25, 0.3) is 0 Å². The second-order valence-corrected chi connectivity index (χ2v) is 5.83. The molecule has 0 unspecified atom stereocenters. The van der Waals surface area contributed by atoms with Crippen molar-refractivity contribution in [2.45, 2.75) is 25.5 Å². The zero-order chi connectivity index (χ0) is 14.2. The van der Waals surface area contributed by atoms with Crippen LogP contribution in [-0.2, 0) is 11.3 Å². The maximum absolute atomic E-state index is 8.75. The first-order valence-corrected chi connectivity index (χ1v) is 7.81. The first kappa shape index (κ1) is 15.5. The number of rotatable bonds is 5. The Kier molecular flexibility index (Phi) is 6.51. The Bertz CT molecular complexity index is 455. The number of aliphatic hydroxyl groups excluding tert-OH is 2. The molecule has 0 aromatic carbocycles. The predicted molar refractivity (Wildman–Crippen MR) is 79.6 cm³/mol. The van der Waals surface area contributed by atoms with Gasteiger partial charge in [0.2, 0.25) is 0 Å². The van der Waals surface area contributed by atoms with Crippen LogP contribution < -0.4 is 0 Å². The van der Waals surface area contributed by atoms with Crippen molar-refractivity contribution in [2.24, 2.45) is 0 Å². The summed E-state index contributed by atoms with van der Waals surface area (Å²) in [6, 6.07) is 2.10. The van der Waals surface area contributed by atoms with E-state index >= 15 is 0 Å². The molecule has 0 aliphatic carbocycles. The molecule has 0 saturated carbocycles. The van der Waals surface area contributed by atoms with Gasteiger partial charge in [-0.15, -0.1) is 11.3 Å². The summed E-state index contributed by atoms with van der Waals surface area (Å²) in [5.74, 6) is 5.60. The first-order valence-electron chi connectivity index (χ1n) is 6.93. The molecule has 2 heterocycles. The Morgan fingerprint density at radius 1 is 1.35 bits per heavy atom. The lowest BCUT2D eigenvalue weighted by atomic mass is 10.1. The quantitative estimate of drug-likeness (QED) is 0.798. The summed E-state index contributed by atoms with van der Waals surface area (Å²) in [4.78, 5) is 3.73.